The van der Waals surface area contributed by atoms with Crippen molar-refractivity contribution in [1.82, 2.24) is 5.32 Å². The topological polar surface area (TPSA) is 69.2 Å². The zero-order valence-corrected chi connectivity index (χ0v) is 10.1. The second-order valence-electron chi connectivity index (χ2n) is 4.58. The Morgan fingerprint density at radius 1 is 1.28 bits per heavy atom. The molecular weight excluding hydrogens is 230 g/mol. The molecule has 0 saturated heterocycles. The molecule has 1 aromatic carbocycles. The monoisotopic (exact) mass is 246 g/mol. The van der Waals surface area contributed by atoms with E-state index in [0.29, 0.717) is 0 Å². The predicted molar refractivity (Wildman–Crippen MR) is 64.5 cm³/mol. The number of carbonyl (C=O) groups excluding carboxylic acids is 2. The zero-order valence-electron chi connectivity index (χ0n) is 10.1. The number of rotatable bonds is 4. The summed E-state index contributed by atoms with van der Waals surface area (Å²) in [6.45, 7) is 0. The van der Waals surface area contributed by atoms with E-state index >= 15 is 0 Å². The molecule has 1 atom stereocenters. The van der Waals surface area contributed by atoms with Crippen LogP contribution in [0.5, 0.6) is 0 Å². The molecule has 0 fully saturated rings. The standard InChI is InChI=1S/C14H17NO3/c16-13(8-9-14(17)18)15-12-7-3-5-10-4-1-2-6-11(10)12/h1-2,4,6,12H,3,5,7-9H2,(H,15,16)(H,17,18)/p-1/t12-/m1/s1. The second kappa shape index (κ2) is 5.67. The highest BCUT2D eigenvalue weighted by atomic mass is 16.4. The lowest BCUT2D eigenvalue weighted by Crippen LogP contribution is -2.32. The number of nitrogens with one attached hydrogen (secondary N) is 1. The van der Waals surface area contributed by atoms with Gasteiger partial charge in [0.05, 0.1) is 6.04 Å². The first-order valence-electron chi connectivity index (χ1n) is 6.24. The van der Waals surface area contributed by atoms with Gasteiger partial charge in [0.1, 0.15) is 0 Å². The maximum Gasteiger partial charge on any atom is 0.220 e. The van der Waals surface area contributed by atoms with E-state index in [1.165, 1.54) is 5.56 Å². The molecule has 1 aliphatic carbocycles. The normalized spacial score (nSPS) is 17.9. The fraction of sp³-hybridized carbons (Fsp3) is 0.429. The highest BCUT2D eigenvalue weighted by Gasteiger charge is 2.20. The Hall–Kier alpha value is -1.84. The molecule has 4 nitrogen and oxygen atoms in total. The molecule has 0 aromatic heterocycles. The van der Waals surface area contributed by atoms with Gasteiger partial charge in [-0.15, -0.1) is 0 Å². The van der Waals surface area contributed by atoms with Crippen molar-refractivity contribution in [3.8, 4) is 0 Å². The van der Waals surface area contributed by atoms with Crippen LogP contribution in [0.25, 0.3) is 0 Å². The molecule has 96 valence electrons. The van der Waals surface area contributed by atoms with Gasteiger partial charge in [-0.3, -0.25) is 4.79 Å². The fourth-order valence-electron chi connectivity index (χ4n) is 2.39. The van der Waals surface area contributed by atoms with Crippen molar-refractivity contribution in [1.29, 1.82) is 0 Å². The number of carboxylic acids is 1. The first-order valence-corrected chi connectivity index (χ1v) is 6.24. The molecule has 0 aliphatic heterocycles. The van der Waals surface area contributed by atoms with Gasteiger partial charge in [0.2, 0.25) is 5.91 Å². The van der Waals surface area contributed by atoms with Gasteiger partial charge in [0.15, 0.2) is 0 Å². The van der Waals surface area contributed by atoms with Gasteiger partial charge in [0.25, 0.3) is 0 Å². The van der Waals surface area contributed by atoms with Crippen molar-refractivity contribution in [2.45, 2.75) is 38.1 Å². The number of aryl methyl sites for hydroxylation is 1. The summed E-state index contributed by atoms with van der Waals surface area (Å²) in [6, 6.07) is 8.08. The minimum atomic E-state index is -1.19. The molecule has 0 bridgehead atoms. The largest absolute Gasteiger partial charge is 0.550 e. The summed E-state index contributed by atoms with van der Waals surface area (Å²) in [5.41, 5.74) is 2.43. The van der Waals surface area contributed by atoms with E-state index in [1.807, 2.05) is 18.2 Å². The SMILES string of the molecule is O=C([O-])CCC(=O)N[C@@H]1CCCc2ccccc21. The van der Waals surface area contributed by atoms with Crippen molar-refractivity contribution >= 4 is 11.9 Å². The summed E-state index contributed by atoms with van der Waals surface area (Å²) in [5.74, 6) is -1.41. The summed E-state index contributed by atoms with van der Waals surface area (Å²) in [4.78, 5) is 21.9. The summed E-state index contributed by atoms with van der Waals surface area (Å²) in [5, 5.41) is 13.2. The summed E-state index contributed by atoms with van der Waals surface area (Å²) < 4.78 is 0. The number of amides is 1. The molecule has 0 spiro atoms. The van der Waals surface area contributed by atoms with Gasteiger partial charge in [-0.2, -0.15) is 0 Å². The van der Waals surface area contributed by atoms with E-state index in [4.69, 9.17) is 0 Å². The van der Waals surface area contributed by atoms with Gasteiger partial charge in [-0.05, 0) is 36.8 Å². The molecule has 0 radical (unpaired) electrons. The third kappa shape index (κ3) is 3.09. The third-order valence-corrected chi connectivity index (χ3v) is 3.26. The second-order valence-corrected chi connectivity index (χ2v) is 4.58. The van der Waals surface area contributed by atoms with Crippen LogP contribution in [-0.2, 0) is 16.0 Å². The molecule has 18 heavy (non-hydrogen) atoms. The summed E-state index contributed by atoms with van der Waals surface area (Å²) in [7, 11) is 0. The van der Waals surface area contributed by atoms with Crippen LogP contribution in [-0.4, -0.2) is 11.9 Å². The number of fused-ring (bicyclic) bond motifs is 1. The average molecular weight is 246 g/mol. The van der Waals surface area contributed by atoms with Gasteiger partial charge in [-0.1, -0.05) is 24.3 Å². The molecule has 2 rings (SSSR count). The maximum atomic E-state index is 11.6. The Morgan fingerprint density at radius 2 is 2.06 bits per heavy atom. The van der Waals surface area contributed by atoms with Gasteiger partial charge >= 0.3 is 0 Å². The lowest BCUT2D eigenvalue weighted by Gasteiger charge is -2.26. The van der Waals surface area contributed by atoms with Crippen molar-refractivity contribution in [2.75, 3.05) is 0 Å². The van der Waals surface area contributed by atoms with E-state index < -0.39 is 5.97 Å². The molecular formula is C14H16NO3-. The number of benzene rings is 1. The predicted octanol–water partition coefficient (Wildman–Crippen LogP) is 0.710. The van der Waals surface area contributed by atoms with Crippen molar-refractivity contribution < 1.29 is 14.7 Å². The highest BCUT2D eigenvalue weighted by Crippen LogP contribution is 2.29. The first-order chi connectivity index (χ1) is 8.66. The van der Waals surface area contributed by atoms with E-state index in [0.717, 1.165) is 24.8 Å². The summed E-state index contributed by atoms with van der Waals surface area (Å²) >= 11 is 0. The lowest BCUT2D eigenvalue weighted by molar-refractivity contribution is -0.305. The van der Waals surface area contributed by atoms with Gasteiger partial charge in [-0.25, -0.2) is 0 Å². The molecule has 1 aromatic rings. The molecule has 0 unspecified atom stereocenters. The molecule has 0 saturated carbocycles. The van der Waals surface area contributed by atoms with Crippen LogP contribution in [0.1, 0.15) is 42.9 Å². The Kier molecular flexibility index (Phi) is 3.97. The Balaban J connectivity index is 1.98. The molecule has 1 amide bonds. The minimum absolute atomic E-state index is 0.0129. The van der Waals surface area contributed by atoms with Crippen LogP contribution in [0.2, 0.25) is 0 Å². The van der Waals surface area contributed by atoms with Gasteiger partial charge < -0.3 is 15.2 Å². The Labute approximate surface area is 106 Å². The number of carbonyl (C=O) groups is 2. The molecule has 4 heteroatoms. The minimum Gasteiger partial charge on any atom is -0.550 e. The first kappa shape index (κ1) is 12.6. The molecule has 0 heterocycles. The molecule has 1 N–H and O–H groups in total. The lowest BCUT2D eigenvalue weighted by atomic mass is 9.87. The summed E-state index contributed by atoms with van der Waals surface area (Å²) in [6.07, 6.45) is 2.76. The number of carboxylic acid groups (broad SMARTS) is 1. The maximum absolute atomic E-state index is 11.6. The van der Waals surface area contributed by atoms with E-state index in [1.54, 1.807) is 0 Å². The van der Waals surface area contributed by atoms with Gasteiger partial charge in [0, 0.05) is 12.4 Å². The highest BCUT2D eigenvalue weighted by molar-refractivity contribution is 5.80. The van der Waals surface area contributed by atoms with Crippen molar-refractivity contribution in [3.63, 3.8) is 0 Å². The number of aliphatic carboxylic acids is 1. The Morgan fingerprint density at radius 3 is 2.83 bits per heavy atom. The van der Waals surface area contributed by atoms with E-state index in [-0.39, 0.29) is 24.8 Å². The Bertz CT molecular complexity index is 456. The van der Waals surface area contributed by atoms with Crippen molar-refractivity contribution in [2.24, 2.45) is 0 Å². The average Bonchev–Trinajstić information content (AvgIpc) is 2.37. The molecule has 1 aliphatic rings. The number of hydrogen-bond donors (Lipinski definition) is 1. The smallest absolute Gasteiger partial charge is 0.220 e. The van der Waals surface area contributed by atoms with Crippen molar-refractivity contribution in [3.05, 3.63) is 35.4 Å². The third-order valence-electron chi connectivity index (χ3n) is 3.26. The van der Waals surface area contributed by atoms with E-state index in [9.17, 15) is 14.7 Å². The fourth-order valence-corrected chi connectivity index (χ4v) is 2.39. The van der Waals surface area contributed by atoms with Crippen LogP contribution in [0.4, 0.5) is 0 Å². The van der Waals surface area contributed by atoms with Crippen LogP contribution in [0.3, 0.4) is 0 Å². The van der Waals surface area contributed by atoms with Crippen LogP contribution in [0.15, 0.2) is 24.3 Å². The van der Waals surface area contributed by atoms with Crippen LogP contribution in [0, 0.1) is 0 Å². The quantitative estimate of drug-likeness (QED) is 0.850. The van der Waals surface area contributed by atoms with E-state index in [2.05, 4.69) is 11.4 Å². The number of hydrogen-bond acceptors (Lipinski definition) is 3. The zero-order chi connectivity index (χ0) is 13.0. The van der Waals surface area contributed by atoms with Crippen LogP contribution >= 0.6 is 0 Å². The van der Waals surface area contributed by atoms with Crippen LogP contribution < -0.4 is 10.4 Å².